The van der Waals surface area contributed by atoms with Gasteiger partial charge in [0.15, 0.2) is 18.1 Å². The molecule has 37 heavy (non-hydrogen) atoms. The number of hydrogen-bond acceptors (Lipinski definition) is 6. The van der Waals surface area contributed by atoms with Gasteiger partial charge in [0.1, 0.15) is 0 Å². The molecule has 1 amide bonds. The molecule has 0 fully saturated rings. The molecule has 0 aliphatic carbocycles. The smallest absolute Gasteiger partial charge is 0.353 e. The third-order valence-corrected chi connectivity index (χ3v) is 6.00. The lowest BCUT2D eigenvalue weighted by Crippen LogP contribution is -2.46. The van der Waals surface area contributed by atoms with Crippen LogP contribution in [0.15, 0.2) is 58.1 Å². The number of unbranched alkanes of at least 4 members (excludes halogenated alkanes) is 1. The number of carbonyl (C=O) groups is 3. The Morgan fingerprint density at radius 1 is 1.03 bits per heavy atom. The predicted molar refractivity (Wildman–Crippen MR) is 143 cm³/mol. The second-order valence-electron chi connectivity index (χ2n) is 9.74. The van der Waals surface area contributed by atoms with E-state index in [2.05, 4.69) is 10.6 Å². The van der Waals surface area contributed by atoms with Gasteiger partial charge in [-0.05, 0) is 36.8 Å². The topological polar surface area (TPSA) is 124 Å². The Hall–Kier alpha value is -4.21. The van der Waals surface area contributed by atoms with E-state index in [1.165, 1.54) is 21.5 Å². The highest BCUT2D eigenvalue weighted by Crippen LogP contribution is 2.26. The molecular weight excluding hydrogens is 474 g/mol. The number of aldehydes is 1. The van der Waals surface area contributed by atoms with Crippen LogP contribution >= 0.6 is 0 Å². The van der Waals surface area contributed by atoms with Gasteiger partial charge in [-0.15, -0.1) is 0 Å². The Balaban J connectivity index is 2.24. The van der Waals surface area contributed by atoms with Gasteiger partial charge in [-0.25, -0.2) is 18.8 Å². The molecule has 3 aromatic rings. The number of benzene rings is 2. The summed E-state index contributed by atoms with van der Waals surface area (Å²) >= 11 is 0. The van der Waals surface area contributed by atoms with Crippen LogP contribution in [-0.2, 0) is 16.1 Å². The average Bonchev–Trinajstić information content (AvgIpc) is 3.11. The van der Waals surface area contributed by atoms with E-state index in [0.717, 1.165) is 6.42 Å². The summed E-state index contributed by atoms with van der Waals surface area (Å²) < 4.78 is 3.18. The van der Waals surface area contributed by atoms with Crippen molar-refractivity contribution in [3.8, 4) is 5.69 Å². The standard InChI is InChI=1S/C27H33N5O5/c1-6-7-15-30-25(36)31(26(37)32(30)20-11-9-8-10-12-20)22(23(34)27(2,3)4)24(35)29-21-16-19(28-5)14-13-18(21)17-33/h8-14,16-17,22,28H,6-7,15H2,1-5H3,(H,29,35). The first kappa shape index (κ1) is 27.4. The van der Waals surface area contributed by atoms with Gasteiger partial charge in [0.2, 0.25) is 0 Å². The number of nitrogens with one attached hydrogen (secondary N) is 2. The Bertz CT molecular complexity index is 1410. The zero-order valence-electron chi connectivity index (χ0n) is 21.8. The minimum Gasteiger partial charge on any atom is -0.388 e. The number of ketones is 1. The molecule has 3 rings (SSSR count). The number of hydrogen-bond donors (Lipinski definition) is 2. The number of carbonyl (C=O) groups excluding carboxylic acids is 3. The molecule has 0 aliphatic rings. The van der Waals surface area contributed by atoms with Gasteiger partial charge in [0.05, 0.1) is 11.4 Å². The summed E-state index contributed by atoms with van der Waals surface area (Å²) in [5.74, 6) is -1.50. The van der Waals surface area contributed by atoms with E-state index in [4.69, 9.17) is 0 Å². The molecule has 2 N–H and O–H groups in total. The molecule has 0 spiro atoms. The molecule has 196 valence electrons. The fourth-order valence-corrected chi connectivity index (χ4v) is 3.93. The number of nitrogens with zero attached hydrogens (tertiary/aromatic N) is 3. The number of aromatic nitrogens is 3. The van der Waals surface area contributed by atoms with E-state index in [0.29, 0.717) is 28.6 Å². The Kier molecular flexibility index (Phi) is 8.31. The molecule has 1 atom stereocenters. The maximum absolute atomic E-state index is 13.7. The third kappa shape index (κ3) is 5.63. The highest BCUT2D eigenvalue weighted by atomic mass is 16.2. The summed E-state index contributed by atoms with van der Waals surface area (Å²) in [6.07, 6.45) is 1.95. The molecule has 0 aliphatic heterocycles. The van der Waals surface area contributed by atoms with Gasteiger partial charge in [0.25, 0.3) is 5.91 Å². The first-order valence-corrected chi connectivity index (χ1v) is 12.2. The SMILES string of the molecule is CCCCn1c(=O)n(C(C(=O)Nc2cc(NC)ccc2C=O)C(=O)C(C)(C)C)c(=O)n1-c1ccccc1. The lowest BCUT2D eigenvalue weighted by atomic mass is 9.86. The van der Waals surface area contributed by atoms with Crippen molar-refractivity contribution in [3.05, 3.63) is 75.1 Å². The van der Waals surface area contributed by atoms with Crippen molar-refractivity contribution in [2.24, 2.45) is 5.41 Å². The maximum Gasteiger partial charge on any atom is 0.353 e. The fourth-order valence-electron chi connectivity index (χ4n) is 3.93. The van der Waals surface area contributed by atoms with E-state index in [1.807, 2.05) is 6.92 Å². The number of rotatable bonds is 10. The van der Waals surface area contributed by atoms with Crippen LogP contribution in [-0.4, -0.2) is 39.0 Å². The van der Waals surface area contributed by atoms with Crippen LogP contribution in [0.25, 0.3) is 5.69 Å². The van der Waals surface area contributed by atoms with E-state index < -0.39 is 34.5 Å². The van der Waals surface area contributed by atoms with Crippen LogP contribution < -0.4 is 22.0 Å². The summed E-state index contributed by atoms with van der Waals surface area (Å²) in [5, 5.41) is 5.53. The van der Waals surface area contributed by atoms with Crippen molar-refractivity contribution in [1.29, 1.82) is 0 Å². The molecule has 1 unspecified atom stereocenters. The lowest BCUT2D eigenvalue weighted by Gasteiger charge is -2.24. The molecule has 0 saturated carbocycles. The van der Waals surface area contributed by atoms with Crippen molar-refractivity contribution in [2.75, 3.05) is 17.7 Å². The van der Waals surface area contributed by atoms with Crippen molar-refractivity contribution < 1.29 is 14.4 Å². The summed E-state index contributed by atoms with van der Waals surface area (Å²) in [6, 6.07) is 11.6. The third-order valence-electron chi connectivity index (χ3n) is 6.00. The fraction of sp³-hybridized carbons (Fsp3) is 0.370. The van der Waals surface area contributed by atoms with Crippen LogP contribution in [0.4, 0.5) is 11.4 Å². The molecule has 10 nitrogen and oxygen atoms in total. The molecule has 10 heteroatoms. The van der Waals surface area contributed by atoms with Crippen LogP contribution in [0.1, 0.15) is 56.9 Å². The van der Waals surface area contributed by atoms with Gasteiger partial charge in [-0.3, -0.25) is 14.4 Å². The van der Waals surface area contributed by atoms with Gasteiger partial charge >= 0.3 is 11.4 Å². The molecule has 0 bridgehead atoms. The van der Waals surface area contributed by atoms with Crippen molar-refractivity contribution in [3.63, 3.8) is 0 Å². The van der Waals surface area contributed by atoms with E-state index >= 15 is 0 Å². The van der Waals surface area contributed by atoms with Gasteiger partial charge in [-0.1, -0.05) is 52.3 Å². The number of Topliss-reactive ketones (excluding diaryl/α,β-unsaturated/α-hetero) is 1. The average molecular weight is 508 g/mol. The van der Waals surface area contributed by atoms with Crippen molar-refractivity contribution >= 4 is 29.4 Å². The van der Waals surface area contributed by atoms with E-state index in [-0.39, 0.29) is 17.8 Å². The molecular formula is C27H33N5O5. The summed E-state index contributed by atoms with van der Waals surface area (Å²) in [4.78, 5) is 66.2. The van der Waals surface area contributed by atoms with Crippen molar-refractivity contribution in [1.82, 2.24) is 13.9 Å². The molecule has 2 aromatic carbocycles. The first-order valence-electron chi connectivity index (χ1n) is 12.2. The number of anilines is 2. The van der Waals surface area contributed by atoms with Gasteiger partial charge in [0, 0.05) is 30.3 Å². The minimum absolute atomic E-state index is 0.153. The highest BCUT2D eigenvalue weighted by molar-refractivity contribution is 6.11. The molecule has 0 saturated heterocycles. The quantitative estimate of drug-likeness (QED) is 0.321. The van der Waals surface area contributed by atoms with Crippen LogP contribution in [0, 0.1) is 5.41 Å². The normalized spacial score (nSPS) is 12.1. The lowest BCUT2D eigenvalue weighted by molar-refractivity contribution is -0.135. The van der Waals surface area contributed by atoms with Gasteiger partial charge < -0.3 is 10.6 Å². The second kappa shape index (κ2) is 11.2. The zero-order valence-corrected chi connectivity index (χ0v) is 21.8. The number of para-hydroxylation sites is 1. The predicted octanol–water partition coefficient (Wildman–Crippen LogP) is 3.25. The highest BCUT2D eigenvalue weighted by Gasteiger charge is 2.40. The minimum atomic E-state index is -1.75. The van der Waals surface area contributed by atoms with Crippen molar-refractivity contribution in [2.45, 2.75) is 53.1 Å². The van der Waals surface area contributed by atoms with Crippen LogP contribution in [0.3, 0.4) is 0 Å². The molecule has 1 heterocycles. The monoisotopic (exact) mass is 507 g/mol. The Labute approximate surface area is 214 Å². The van der Waals surface area contributed by atoms with Gasteiger partial charge in [-0.2, -0.15) is 4.68 Å². The summed E-state index contributed by atoms with van der Waals surface area (Å²) in [6.45, 7) is 7.02. The zero-order chi connectivity index (χ0) is 27.3. The van der Waals surface area contributed by atoms with E-state index in [9.17, 15) is 24.0 Å². The molecule has 0 radical (unpaired) electrons. The Morgan fingerprint density at radius 2 is 1.70 bits per heavy atom. The molecule has 1 aromatic heterocycles. The maximum atomic E-state index is 13.7. The number of amides is 1. The second-order valence-corrected chi connectivity index (χ2v) is 9.74. The summed E-state index contributed by atoms with van der Waals surface area (Å²) in [5.41, 5.74) is -1.23. The van der Waals surface area contributed by atoms with Crippen LogP contribution in [0.2, 0.25) is 0 Å². The summed E-state index contributed by atoms with van der Waals surface area (Å²) in [7, 11) is 1.68. The Morgan fingerprint density at radius 3 is 2.27 bits per heavy atom. The van der Waals surface area contributed by atoms with E-state index in [1.54, 1.807) is 64.2 Å². The largest absolute Gasteiger partial charge is 0.388 e. The first-order chi connectivity index (χ1) is 17.5. The van der Waals surface area contributed by atoms with Crippen LogP contribution in [0.5, 0.6) is 0 Å².